The van der Waals surface area contributed by atoms with Gasteiger partial charge in [0, 0.05) is 19.6 Å². The highest BCUT2D eigenvalue weighted by atomic mass is 19.4. The molecule has 2 unspecified atom stereocenters. The molecule has 6 nitrogen and oxygen atoms in total. The number of nitrogens with zero attached hydrogens (tertiary/aromatic N) is 2. The maximum absolute atomic E-state index is 12.8. The van der Waals surface area contributed by atoms with Crippen LogP contribution in [0, 0.1) is 5.92 Å². The average Bonchev–Trinajstić information content (AvgIpc) is 2.45. The van der Waals surface area contributed by atoms with Crippen molar-refractivity contribution in [1.82, 2.24) is 10.2 Å². The van der Waals surface area contributed by atoms with Crippen molar-refractivity contribution >= 4 is 11.7 Å². The van der Waals surface area contributed by atoms with Gasteiger partial charge in [-0.2, -0.15) is 13.2 Å². The van der Waals surface area contributed by atoms with Crippen LogP contribution in [0.1, 0.15) is 26.2 Å². The van der Waals surface area contributed by atoms with Gasteiger partial charge in [0.05, 0.1) is 6.04 Å². The average molecular weight is 310 g/mol. The Bertz CT molecular complexity index is 381. The first-order valence-electron chi connectivity index (χ1n) is 6.83. The SMILES string of the molecule is CC(NCC(C(N)=NO)C(F)(F)F)C(=O)N1CCCCC1. The van der Waals surface area contributed by atoms with Gasteiger partial charge < -0.3 is 21.2 Å². The minimum Gasteiger partial charge on any atom is -0.409 e. The number of hydrogen-bond acceptors (Lipinski definition) is 4. The van der Waals surface area contributed by atoms with Gasteiger partial charge in [-0.25, -0.2) is 0 Å². The van der Waals surface area contributed by atoms with E-state index in [1.807, 2.05) is 0 Å². The first kappa shape index (κ1) is 17.5. The second-order valence-electron chi connectivity index (χ2n) is 5.13. The Balaban J connectivity index is 2.56. The molecule has 1 amide bonds. The fourth-order valence-electron chi connectivity index (χ4n) is 2.23. The number of halogens is 3. The van der Waals surface area contributed by atoms with Gasteiger partial charge >= 0.3 is 6.18 Å². The number of alkyl halides is 3. The number of oxime groups is 1. The van der Waals surface area contributed by atoms with Crippen LogP contribution in [0.15, 0.2) is 5.16 Å². The summed E-state index contributed by atoms with van der Waals surface area (Å²) < 4.78 is 38.3. The molecule has 0 aromatic rings. The number of hydrogen-bond donors (Lipinski definition) is 3. The molecule has 9 heteroatoms. The third-order valence-corrected chi connectivity index (χ3v) is 3.53. The first-order chi connectivity index (χ1) is 9.77. The molecule has 4 N–H and O–H groups in total. The molecule has 0 aromatic heterocycles. The quantitative estimate of drug-likeness (QED) is 0.304. The zero-order valence-electron chi connectivity index (χ0n) is 11.9. The molecular weight excluding hydrogens is 289 g/mol. The van der Waals surface area contributed by atoms with Crippen molar-refractivity contribution in [3.8, 4) is 0 Å². The molecule has 1 aliphatic rings. The fourth-order valence-corrected chi connectivity index (χ4v) is 2.23. The zero-order valence-corrected chi connectivity index (χ0v) is 11.9. The molecule has 0 radical (unpaired) electrons. The summed E-state index contributed by atoms with van der Waals surface area (Å²) in [7, 11) is 0. The molecule has 122 valence electrons. The molecule has 0 aromatic carbocycles. The number of carbonyl (C=O) groups excluding carboxylic acids is 1. The summed E-state index contributed by atoms with van der Waals surface area (Å²) in [5.41, 5.74) is 5.05. The summed E-state index contributed by atoms with van der Waals surface area (Å²) in [5, 5.41) is 13.3. The van der Waals surface area contributed by atoms with Crippen LogP contribution in [0.3, 0.4) is 0 Å². The third-order valence-electron chi connectivity index (χ3n) is 3.53. The zero-order chi connectivity index (χ0) is 16.0. The Morgan fingerprint density at radius 1 is 1.38 bits per heavy atom. The minimum absolute atomic E-state index is 0.227. The molecule has 0 saturated carbocycles. The van der Waals surface area contributed by atoms with Gasteiger partial charge in [-0.1, -0.05) is 5.16 Å². The Morgan fingerprint density at radius 3 is 2.43 bits per heavy atom. The van der Waals surface area contributed by atoms with Crippen LogP contribution >= 0.6 is 0 Å². The van der Waals surface area contributed by atoms with Crippen molar-refractivity contribution in [2.24, 2.45) is 16.8 Å². The molecule has 0 bridgehead atoms. The van der Waals surface area contributed by atoms with Gasteiger partial charge in [0.15, 0.2) is 5.84 Å². The van der Waals surface area contributed by atoms with Crippen LogP contribution in [-0.4, -0.2) is 53.7 Å². The number of rotatable bonds is 5. The number of likely N-dealkylation sites (tertiary alicyclic amines) is 1. The number of nitrogens with one attached hydrogen (secondary N) is 1. The van der Waals surface area contributed by atoms with Crippen molar-refractivity contribution in [3.63, 3.8) is 0 Å². The predicted molar refractivity (Wildman–Crippen MR) is 70.8 cm³/mol. The second kappa shape index (κ2) is 7.48. The fraction of sp³-hybridized carbons (Fsp3) is 0.833. The normalized spacial score (nSPS) is 20.2. The maximum atomic E-state index is 12.8. The Labute approximate surface area is 121 Å². The van der Waals surface area contributed by atoms with E-state index < -0.39 is 30.5 Å². The molecule has 1 fully saturated rings. The van der Waals surface area contributed by atoms with Crippen molar-refractivity contribution in [1.29, 1.82) is 0 Å². The Morgan fingerprint density at radius 2 is 1.95 bits per heavy atom. The Kier molecular flexibility index (Phi) is 6.25. The van der Waals surface area contributed by atoms with Crippen LogP contribution < -0.4 is 11.1 Å². The topological polar surface area (TPSA) is 91.0 Å². The lowest BCUT2D eigenvalue weighted by Crippen LogP contribution is -2.50. The van der Waals surface area contributed by atoms with Crippen molar-refractivity contribution < 1.29 is 23.2 Å². The number of amides is 1. The number of amidine groups is 1. The van der Waals surface area contributed by atoms with Crippen LogP contribution in [-0.2, 0) is 4.79 Å². The van der Waals surface area contributed by atoms with E-state index in [0.29, 0.717) is 13.1 Å². The van der Waals surface area contributed by atoms with Crippen molar-refractivity contribution in [3.05, 3.63) is 0 Å². The largest absolute Gasteiger partial charge is 0.409 e. The molecule has 0 spiro atoms. The summed E-state index contributed by atoms with van der Waals surface area (Å²) in [6.45, 7) is 2.17. The van der Waals surface area contributed by atoms with Gasteiger partial charge in [-0.3, -0.25) is 4.79 Å². The molecule has 21 heavy (non-hydrogen) atoms. The third kappa shape index (κ3) is 5.07. The van der Waals surface area contributed by atoms with E-state index >= 15 is 0 Å². The van der Waals surface area contributed by atoms with Gasteiger partial charge in [-0.15, -0.1) is 0 Å². The van der Waals surface area contributed by atoms with Crippen LogP contribution in [0.4, 0.5) is 13.2 Å². The molecule has 1 heterocycles. The van der Waals surface area contributed by atoms with E-state index in [1.165, 1.54) is 6.92 Å². The van der Waals surface area contributed by atoms with E-state index in [1.54, 1.807) is 4.90 Å². The van der Waals surface area contributed by atoms with Gasteiger partial charge in [0.1, 0.15) is 5.92 Å². The van der Waals surface area contributed by atoms with E-state index in [2.05, 4.69) is 10.5 Å². The van der Waals surface area contributed by atoms with Gasteiger partial charge in [0.25, 0.3) is 0 Å². The molecular formula is C12H21F3N4O2. The number of piperidine rings is 1. The number of nitrogens with two attached hydrogens (primary N) is 1. The molecule has 1 rings (SSSR count). The Hall–Kier alpha value is -1.51. The van der Waals surface area contributed by atoms with Crippen LogP contribution in [0.25, 0.3) is 0 Å². The molecule has 0 aliphatic carbocycles. The van der Waals surface area contributed by atoms with E-state index in [4.69, 9.17) is 10.9 Å². The molecule has 2 atom stereocenters. The lowest BCUT2D eigenvalue weighted by Gasteiger charge is -2.30. The molecule has 1 saturated heterocycles. The predicted octanol–water partition coefficient (Wildman–Crippen LogP) is 0.902. The van der Waals surface area contributed by atoms with Crippen molar-refractivity contribution in [2.45, 2.75) is 38.4 Å². The highest BCUT2D eigenvalue weighted by Gasteiger charge is 2.43. The monoisotopic (exact) mass is 310 g/mol. The summed E-state index contributed by atoms with van der Waals surface area (Å²) in [6.07, 6.45) is -1.76. The summed E-state index contributed by atoms with van der Waals surface area (Å²) in [5.74, 6) is -3.28. The smallest absolute Gasteiger partial charge is 0.400 e. The van der Waals surface area contributed by atoms with Gasteiger partial charge in [-0.05, 0) is 26.2 Å². The minimum atomic E-state index is -4.64. The standard InChI is InChI=1S/C12H21F3N4O2/c1-8(11(20)19-5-3-2-4-6-19)17-7-9(10(16)18-21)12(13,14)15/h8-9,17,21H,2-7H2,1H3,(H2,16,18). The lowest BCUT2D eigenvalue weighted by atomic mass is 10.1. The van der Waals surface area contributed by atoms with Gasteiger partial charge in [0.2, 0.25) is 5.91 Å². The number of carbonyl (C=O) groups is 1. The summed E-state index contributed by atoms with van der Waals surface area (Å²) in [4.78, 5) is 13.7. The second-order valence-corrected chi connectivity index (χ2v) is 5.13. The first-order valence-corrected chi connectivity index (χ1v) is 6.83. The van der Waals surface area contributed by atoms with Crippen molar-refractivity contribution in [2.75, 3.05) is 19.6 Å². The van der Waals surface area contributed by atoms with E-state index in [9.17, 15) is 18.0 Å². The van der Waals surface area contributed by atoms with Crippen LogP contribution in [0.5, 0.6) is 0 Å². The van der Waals surface area contributed by atoms with E-state index in [0.717, 1.165) is 19.3 Å². The highest BCUT2D eigenvalue weighted by molar-refractivity contribution is 5.84. The van der Waals surface area contributed by atoms with Crippen LogP contribution in [0.2, 0.25) is 0 Å². The maximum Gasteiger partial charge on any atom is 0.400 e. The summed E-state index contributed by atoms with van der Waals surface area (Å²) >= 11 is 0. The summed E-state index contributed by atoms with van der Waals surface area (Å²) in [6, 6.07) is -0.751. The van der Waals surface area contributed by atoms with E-state index in [-0.39, 0.29) is 5.91 Å². The molecule has 1 aliphatic heterocycles. The lowest BCUT2D eigenvalue weighted by molar-refractivity contribution is -0.156. The highest BCUT2D eigenvalue weighted by Crippen LogP contribution is 2.26.